The van der Waals surface area contributed by atoms with Crippen LogP contribution in [0, 0.1) is 0 Å². The van der Waals surface area contributed by atoms with Gasteiger partial charge in [0.05, 0.1) is 0 Å². The maximum absolute atomic E-state index is 5.48. The van der Waals surface area contributed by atoms with Crippen LogP contribution in [-0.2, 0) is 0 Å². The summed E-state index contributed by atoms with van der Waals surface area (Å²) in [6.07, 6.45) is 1.05. The van der Waals surface area contributed by atoms with Crippen molar-refractivity contribution in [2.24, 2.45) is 5.73 Å². The molecule has 1 atom stereocenters. The van der Waals surface area contributed by atoms with Crippen LogP contribution in [0.4, 0.5) is 0 Å². The largest absolute Gasteiger partial charge is 0.330 e. The molecule has 0 radical (unpaired) electrons. The molecule has 15 heavy (non-hydrogen) atoms. The average molecular weight is 224 g/mol. The predicted octanol–water partition coefficient (Wildman–Crippen LogP) is 2.11. The lowest BCUT2D eigenvalue weighted by atomic mass is 10.2. The first kappa shape index (κ1) is 12.6. The summed E-state index contributed by atoms with van der Waals surface area (Å²) in [6, 6.07) is 11.0. The first-order valence-electron chi connectivity index (χ1n) is 5.44. The molecule has 0 heterocycles. The number of rotatable bonds is 7. The summed E-state index contributed by atoms with van der Waals surface area (Å²) in [7, 11) is 0. The fraction of sp³-hybridized carbons (Fsp3) is 0.500. The number of hydrogen-bond donors (Lipinski definition) is 2. The van der Waals surface area contributed by atoms with Gasteiger partial charge >= 0.3 is 0 Å². The van der Waals surface area contributed by atoms with E-state index >= 15 is 0 Å². The van der Waals surface area contributed by atoms with E-state index in [1.165, 1.54) is 4.90 Å². The molecule has 0 saturated carbocycles. The zero-order chi connectivity index (χ0) is 10.9. The number of nitrogens with two attached hydrogens (primary N) is 1. The fourth-order valence-electron chi connectivity index (χ4n) is 1.34. The van der Waals surface area contributed by atoms with Gasteiger partial charge in [-0.3, -0.25) is 0 Å². The van der Waals surface area contributed by atoms with Crippen LogP contribution in [0.25, 0.3) is 0 Å². The Bertz CT molecular complexity index is 251. The van der Waals surface area contributed by atoms with E-state index in [9.17, 15) is 0 Å². The Morgan fingerprint density at radius 2 is 2.07 bits per heavy atom. The molecule has 1 rings (SSSR count). The van der Waals surface area contributed by atoms with Crippen molar-refractivity contribution in [3.63, 3.8) is 0 Å². The maximum atomic E-state index is 5.48. The molecule has 0 aliphatic heterocycles. The molecule has 0 amide bonds. The highest BCUT2D eigenvalue weighted by Crippen LogP contribution is 2.15. The van der Waals surface area contributed by atoms with E-state index in [1.54, 1.807) is 0 Å². The summed E-state index contributed by atoms with van der Waals surface area (Å²) < 4.78 is 0. The summed E-state index contributed by atoms with van der Waals surface area (Å²) in [6.45, 7) is 3.99. The molecular weight excluding hydrogens is 204 g/mol. The van der Waals surface area contributed by atoms with Gasteiger partial charge in [-0.2, -0.15) is 0 Å². The van der Waals surface area contributed by atoms with Gasteiger partial charge in [0.2, 0.25) is 0 Å². The Labute approximate surface area is 96.6 Å². The van der Waals surface area contributed by atoms with Gasteiger partial charge in [0.25, 0.3) is 0 Å². The topological polar surface area (TPSA) is 38.0 Å². The number of nitrogens with one attached hydrogen (secondary N) is 1. The molecule has 0 aliphatic rings. The normalized spacial score (nSPS) is 12.7. The van der Waals surface area contributed by atoms with Crippen molar-refractivity contribution in [1.29, 1.82) is 0 Å². The van der Waals surface area contributed by atoms with Gasteiger partial charge in [-0.1, -0.05) is 18.2 Å². The van der Waals surface area contributed by atoms with Crippen LogP contribution < -0.4 is 11.1 Å². The van der Waals surface area contributed by atoms with Crippen LogP contribution >= 0.6 is 11.8 Å². The molecule has 1 unspecified atom stereocenters. The predicted molar refractivity (Wildman–Crippen MR) is 68.3 cm³/mol. The Morgan fingerprint density at radius 3 is 2.73 bits per heavy atom. The van der Waals surface area contributed by atoms with Crippen molar-refractivity contribution in [3.8, 4) is 0 Å². The second-order valence-corrected chi connectivity index (χ2v) is 4.76. The van der Waals surface area contributed by atoms with Crippen molar-refractivity contribution in [2.45, 2.75) is 24.3 Å². The summed E-state index contributed by atoms with van der Waals surface area (Å²) in [5, 5.41) is 3.45. The van der Waals surface area contributed by atoms with Crippen molar-refractivity contribution in [3.05, 3.63) is 30.3 Å². The first-order valence-corrected chi connectivity index (χ1v) is 6.43. The molecule has 3 N–H and O–H groups in total. The molecule has 0 aromatic heterocycles. The Hall–Kier alpha value is -0.510. The second kappa shape index (κ2) is 7.74. The lowest BCUT2D eigenvalue weighted by Gasteiger charge is -2.11. The summed E-state index contributed by atoms with van der Waals surface area (Å²) in [5.74, 6) is 1.11. The number of hydrogen-bond acceptors (Lipinski definition) is 3. The molecule has 2 nitrogen and oxygen atoms in total. The average Bonchev–Trinajstić information content (AvgIpc) is 2.26. The van der Waals surface area contributed by atoms with E-state index < -0.39 is 0 Å². The van der Waals surface area contributed by atoms with Crippen LogP contribution in [0.2, 0.25) is 0 Å². The third-order valence-corrected chi connectivity index (χ3v) is 3.22. The molecule has 0 spiro atoms. The fourth-order valence-corrected chi connectivity index (χ4v) is 2.15. The minimum Gasteiger partial charge on any atom is -0.330 e. The van der Waals surface area contributed by atoms with E-state index in [0.717, 1.165) is 25.3 Å². The van der Waals surface area contributed by atoms with Gasteiger partial charge in [-0.15, -0.1) is 11.8 Å². The van der Waals surface area contributed by atoms with Gasteiger partial charge in [0.1, 0.15) is 0 Å². The molecule has 3 heteroatoms. The lowest BCUT2D eigenvalue weighted by Crippen LogP contribution is -2.30. The number of thioether (sulfide) groups is 1. The minimum absolute atomic E-state index is 0.534. The molecule has 0 aliphatic carbocycles. The van der Waals surface area contributed by atoms with Crippen molar-refractivity contribution < 1.29 is 0 Å². The Kier molecular flexibility index (Phi) is 6.48. The quantitative estimate of drug-likeness (QED) is 0.550. The van der Waals surface area contributed by atoms with Crippen LogP contribution in [0.1, 0.15) is 13.3 Å². The molecule has 1 aromatic rings. The lowest BCUT2D eigenvalue weighted by molar-refractivity contribution is 0.539. The molecule has 0 saturated heterocycles. The van der Waals surface area contributed by atoms with Crippen LogP contribution in [0.5, 0.6) is 0 Å². The standard InChI is InChI=1S/C12H20N2S/c1-11(7-8-13)14-9-10-15-12-5-3-2-4-6-12/h2-6,11,14H,7-10,13H2,1H3. The Balaban J connectivity index is 2.07. The zero-order valence-electron chi connectivity index (χ0n) is 9.28. The van der Waals surface area contributed by atoms with E-state index in [0.29, 0.717) is 6.04 Å². The smallest absolute Gasteiger partial charge is 0.0106 e. The van der Waals surface area contributed by atoms with Gasteiger partial charge in [-0.25, -0.2) is 0 Å². The van der Waals surface area contributed by atoms with Gasteiger partial charge in [-0.05, 0) is 32.0 Å². The zero-order valence-corrected chi connectivity index (χ0v) is 10.1. The highest BCUT2D eigenvalue weighted by molar-refractivity contribution is 7.99. The maximum Gasteiger partial charge on any atom is 0.0106 e. The van der Waals surface area contributed by atoms with Crippen molar-refractivity contribution >= 4 is 11.8 Å². The van der Waals surface area contributed by atoms with Crippen LogP contribution in [0.15, 0.2) is 35.2 Å². The van der Waals surface area contributed by atoms with Crippen molar-refractivity contribution in [2.75, 3.05) is 18.8 Å². The van der Waals surface area contributed by atoms with E-state index in [2.05, 4.69) is 36.5 Å². The van der Waals surface area contributed by atoms with Gasteiger partial charge in [0.15, 0.2) is 0 Å². The van der Waals surface area contributed by atoms with E-state index in [1.807, 2.05) is 17.8 Å². The molecule has 0 fully saturated rings. The van der Waals surface area contributed by atoms with Crippen molar-refractivity contribution in [1.82, 2.24) is 5.32 Å². The van der Waals surface area contributed by atoms with Crippen LogP contribution in [0.3, 0.4) is 0 Å². The van der Waals surface area contributed by atoms with E-state index in [4.69, 9.17) is 5.73 Å². The van der Waals surface area contributed by atoms with Gasteiger partial charge < -0.3 is 11.1 Å². The number of benzene rings is 1. The highest BCUT2D eigenvalue weighted by atomic mass is 32.2. The third kappa shape index (κ3) is 5.82. The molecule has 1 aromatic carbocycles. The summed E-state index contributed by atoms with van der Waals surface area (Å²) in [4.78, 5) is 1.34. The SMILES string of the molecule is CC(CCN)NCCSc1ccccc1. The minimum atomic E-state index is 0.534. The third-order valence-electron chi connectivity index (χ3n) is 2.21. The van der Waals surface area contributed by atoms with E-state index in [-0.39, 0.29) is 0 Å². The molecule has 0 bridgehead atoms. The summed E-state index contributed by atoms with van der Waals surface area (Å²) >= 11 is 1.89. The monoisotopic (exact) mass is 224 g/mol. The first-order chi connectivity index (χ1) is 7.33. The van der Waals surface area contributed by atoms with Gasteiger partial charge in [0, 0.05) is 23.2 Å². The summed E-state index contributed by atoms with van der Waals surface area (Å²) in [5.41, 5.74) is 5.48. The highest BCUT2D eigenvalue weighted by Gasteiger charge is 1.98. The van der Waals surface area contributed by atoms with Crippen LogP contribution in [-0.4, -0.2) is 24.9 Å². The Morgan fingerprint density at radius 1 is 1.33 bits per heavy atom. The molecular formula is C12H20N2S. The second-order valence-electron chi connectivity index (χ2n) is 3.59. The molecule has 84 valence electrons.